The van der Waals surface area contributed by atoms with Crippen LogP contribution in [0.4, 0.5) is 0 Å². The van der Waals surface area contributed by atoms with Crippen LogP contribution in [-0.2, 0) is 17.8 Å². The number of carbonyl (C=O) groups excluding carboxylic acids is 1. The number of nitrogens with zero attached hydrogens (tertiary/aromatic N) is 1. The first-order valence-corrected chi connectivity index (χ1v) is 8.51. The highest BCUT2D eigenvalue weighted by Crippen LogP contribution is 2.25. The summed E-state index contributed by atoms with van der Waals surface area (Å²) in [6.07, 6.45) is 2.10. The maximum atomic E-state index is 12.2. The third-order valence-corrected chi connectivity index (χ3v) is 4.50. The van der Waals surface area contributed by atoms with Crippen molar-refractivity contribution in [1.29, 1.82) is 0 Å². The summed E-state index contributed by atoms with van der Waals surface area (Å²) >= 11 is 1.64. The normalized spacial score (nSPS) is 10.4. The van der Waals surface area contributed by atoms with Gasteiger partial charge in [-0.15, -0.1) is 11.3 Å². The van der Waals surface area contributed by atoms with Gasteiger partial charge < -0.3 is 10.1 Å². The molecule has 5 heteroatoms. The molecule has 0 saturated carbocycles. The van der Waals surface area contributed by atoms with Gasteiger partial charge in [0, 0.05) is 12.7 Å². The van der Waals surface area contributed by atoms with Crippen molar-refractivity contribution < 1.29 is 9.53 Å². The lowest BCUT2D eigenvalue weighted by molar-refractivity contribution is -0.120. The van der Waals surface area contributed by atoms with Gasteiger partial charge in [0.25, 0.3) is 0 Å². The summed E-state index contributed by atoms with van der Waals surface area (Å²) in [5.41, 5.74) is 2.87. The number of nitrogens with one attached hydrogen (secondary N) is 1. The van der Waals surface area contributed by atoms with Crippen molar-refractivity contribution in [3.05, 3.63) is 71.2 Å². The van der Waals surface area contributed by atoms with Gasteiger partial charge in [0.1, 0.15) is 5.75 Å². The van der Waals surface area contributed by atoms with Crippen LogP contribution in [0.15, 0.2) is 60.1 Å². The summed E-state index contributed by atoms with van der Waals surface area (Å²) in [7, 11) is 1.62. The Morgan fingerprint density at radius 1 is 1.21 bits per heavy atom. The molecule has 0 saturated heterocycles. The van der Waals surface area contributed by atoms with E-state index >= 15 is 0 Å². The number of benzene rings is 1. The van der Waals surface area contributed by atoms with E-state index in [4.69, 9.17) is 4.74 Å². The van der Waals surface area contributed by atoms with Gasteiger partial charge in [-0.05, 0) is 40.8 Å². The molecule has 0 spiro atoms. The molecule has 0 bridgehead atoms. The van der Waals surface area contributed by atoms with Gasteiger partial charge in [0.15, 0.2) is 0 Å². The largest absolute Gasteiger partial charge is 0.497 e. The van der Waals surface area contributed by atoms with E-state index in [9.17, 15) is 4.79 Å². The Labute approximate surface area is 145 Å². The number of thiophene rings is 1. The number of hydrogen-bond acceptors (Lipinski definition) is 4. The lowest BCUT2D eigenvalue weighted by Crippen LogP contribution is -2.24. The first-order valence-electron chi connectivity index (χ1n) is 7.63. The second kappa shape index (κ2) is 7.75. The molecule has 0 atom stereocenters. The Bertz CT molecular complexity index is 816. The molecule has 122 valence electrons. The molecule has 24 heavy (non-hydrogen) atoms. The quantitative estimate of drug-likeness (QED) is 0.746. The third-order valence-electron chi connectivity index (χ3n) is 3.62. The minimum atomic E-state index is -0.0239. The Morgan fingerprint density at radius 2 is 2.12 bits per heavy atom. The van der Waals surface area contributed by atoms with Gasteiger partial charge in [-0.25, -0.2) is 0 Å². The van der Waals surface area contributed by atoms with Crippen LogP contribution < -0.4 is 10.1 Å². The molecule has 4 nitrogen and oxygen atoms in total. The first-order chi connectivity index (χ1) is 11.8. The van der Waals surface area contributed by atoms with Gasteiger partial charge >= 0.3 is 0 Å². The zero-order chi connectivity index (χ0) is 16.8. The molecule has 0 fully saturated rings. The number of aromatic nitrogens is 1. The highest BCUT2D eigenvalue weighted by Gasteiger charge is 2.09. The molecule has 1 amide bonds. The molecule has 0 aliphatic heterocycles. The highest BCUT2D eigenvalue weighted by atomic mass is 32.1. The van der Waals surface area contributed by atoms with Crippen LogP contribution in [0.2, 0.25) is 0 Å². The number of methoxy groups -OCH3 is 1. The molecule has 3 rings (SSSR count). The Hall–Kier alpha value is -2.66. The van der Waals surface area contributed by atoms with E-state index in [1.807, 2.05) is 53.9 Å². The fourth-order valence-electron chi connectivity index (χ4n) is 2.44. The van der Waals surface area contributed by atoms with Crippen molar-refractivity contribution in [2.45, 2.75) is 13.0 Å². The summed E-state index contributed by atoms with van der Waals surface area (Å²) < 4.78 is 5.18. The van der Waals surface area contributed by atoms with E-state index in [0.717, 1.165) is 27.4 Å². The summed E-state index contributed by atoms with van der Waals surface area (Å²) in [5, 5.41) is 5.00. The third kappa shape index (κ3) is 4.00. The summed E-state index contributed by atoms with van der Waals surface area (Å²) in [4.78, 5) is 17.8. The van der Waals surface area contributed by atoms with Crippen LogP contribution in [0, 0.1) is 0 Å². The summed E-state index contributed by atoms with van der Waals surface area (Å²) in [6.45, 7) is 0.462. The van der Waals surface area contributed by atoms with Gasteiger partial charge in [-0.2, -0.15) is 0 Å². The highest BCUT2D eigenvalue weighted by molar-refractivity contribution is 7.13. The fraction of sp³-hybridized carbons (Fsp3) is 0.158. The number of amides is 1. The van der Waals surface area contributed by atoms with Crippen molar-refractivity contribution in [2.75, 3.05) is 7.11 Å². The van der Waals surface area contributed by atoms with Crippen molar-refractivity contribution in [3.8, 4) is 16.3 Å². The second-order valence-corrected chi connectivity index (χ2v) is 6.24. The van der Waals surface area contributed by atoms with Crippen molar-refractivity contribution in [1.82, 2.24) is 10.3 Å². The SMILES string of the molecule is COc1cccc(CC(=O)NCc2cccnc2-c2cccs2)c1. The predicted octanol–water partition coefficient (Wildman–Crippen LogP) is 3.68. The van der Waals surface area contributed by atoms with Crippen molar-refractivity contribution in [2.24, 2.45) is 0 Å². The van der Waals surface area contributed by atoms with Gasteiger partial charge in [-0.1, -0.05) is 24.3 Å². The minimum absolute atomic E-state index is 0.0239. The maximum absolute atomic E-state index is 12.2. The average molecular weight is 338 g/mol. The Kier molecular flexibility index (Phi) is 5.23. The second-order valence-electron chi connectivity index (χ2n) is 5.29. The molecule has 0 radical (unpaired) electrons. The molecule has 0 aliphatic rings. The van der Waals surface area contributed by atoms with Crippen LogP contribution in [0.5, 0.6) is 5.75 Å². The molecule has 1 N–H and O–H groups in total. The molecule has 0 unspecified atom stereocenters. The summed E-state index contributed by atoms with van der Waals surface area (Å²) in [6, 6.07) is 15.5. The van der Waals surface area contributed by atoms with E-state index in [1.165, 1.54) is 0 Å². The smallest absolute Gasteiger partial charge is 0.224 e. The van der Waals surface area contributed by atoms with E-state index in [2.05, 4.69) is 10.3 Å². The van der Waals surface area contributed by atoms with E-state index in [1.54, 1.807) is 24.6 Å². The van der Waals surface area contributed by atoms with Crippen LogP contribution in [0.3, 0.4) is 0 Å². The number of hydrogen-bond donors (Lipinski definition) is 1. The lowest BCUT2D eigenvalue weighted by atomic mass is 10.1. The predicted molar refractivity (Wildman–Crippen MR) is 96.1 cm³/mol. The number of ether oxygens (including phenoxy) is 1. The van der Waals surface area contributed by atoms with Gasteiger partial charge in [0.05, 0.1) is 24.1 Å². The molecular formula is C19H18N2O2S. The zero-order valence-electron chi connectivity index (χ0n) is 13.4. The monoisotopic (exact) mass is 338 g/mol. The Balaban J connectivity index is 1.65. The van der Waals surface area contributed by atoms with Crippen molar-refractivity contribution >= 4 is 17.2 Å². The van der Waals surface area contributed by atoms with Gasteiger partial charge in [0.2, 0.25) is 5.91 Å². The van der Waals surface area contributed by atoms with Crippen LogP contribution in [0.1, 0.15) is 11.1 Å². The minimum Gasteiger partial charge on any atom is -0.497 e. The number of pyridine rings is 1. The zero-order valence-corrected chi connectivity index (χ0v) is 14.2. The standard InChI is InChI=1S/C19H18N2O2S/c1-23-16-7-2-5-14(11-16)12-18(22)21-13-15-6-3-9-20-19(15)17-8-4-10-24-17/h2-11H,12-13H2,1H3,(H,21,22). The first kappa shape index (κ1) is 16.2. The molecule has 2 aromatic heterocycles. The molecule has 0 aliphatic carbocycles. The van der Waals surface area contributed by atoms with Crippen LogP contribution in [-0.4, -0.2) is 18.0 Å². The fourth-order valence-corrected chi connectivity index (χ4v) is 3.20. The molecular weight excluding hydrogens is 320 g/mol. The molecule has 2 heterocycles. The average Bonchev–Trinajstić information content (AvgIpc) is 3.15. The topological polar surface area (TPSA) is 51.2 Å². The molecule has 3 aromatic rings. The van der Waals surface area contributed by atoms with E-state index in [0.29, 0.717) is 13.0 Å². The molecule has 1 aromatic carbocycles. The Morgan fingerprint density at radius 3 is 2.92 bits per heavy atom. The van der Waals surface area contributed by atoms with Crippen LogP contribution >= 0.6 is 11.3 Å². The van der Waals surface area contributed by atoms with E-state index in [-0.39, 0.29) is 5.91 Å². The number of rotatable bonds is 6. The van der Waals surface area contributed by atoms with Crippen molar-refractivity contribution in [3.63, 3.8) is 0 Å². The van der Waals surface area contributed by atoms with E-state index < -0.39 is 0 Å². The van der Waals surface area contributed by atoms with Gasteiger partial charge in [-0.3, -0.25) is 9.78 Å². The number of carbonyl (C=O) groups is 1. The van der Waals surface area contributed by atoms with Crippen LogP contribution in [0.25, 0.3) is 10.6 Å². The lowest BCUT2D eigenvalue weighted by Gasteiger charge is -2.09. The summed E-state index contributed by atoms with van der Waals surface area (Å²) in [5.74, 6) is 0.733. The maximum Gasteiger partial charge on any atom is 0.224 e.